The Hall–Kier alpha value is -2.73. The van der Waals surface area contributed by atoms with Crippen LogP contribution in [0.2, 0.25) is 0 Å². The smallest absolute Gasteiger partial charge is 0.250 e. The fourth-order valence-electron chi connectivity index (χ4n) is 3.29. The van der Waals surface area contributed by atoms with Crippen LogP contribution < -0.4 is 15.1 Å². The van der Waals surface area contributed by atoms with Crippen molar-refractivity contribution in [2.75, 3.05) is 24.8 Å². The van der Waals surface area contributed by atoms with Gasteiger partial charge in [-0.05, 0) is 68.3 Å². The van der Waals surface area contributed by atoms with E-state index in [2.05, 4.69) is 61.5 Å². The van der Waals surface area contributed by atoms with Gasteiger partial charge in [-0.3, -0.25) is 4.79 Å². The molecule has 0 aliphatic carbocycles. The number of carbonyl (C=O) groups is 1. The second kappa shape index (κ2) is 8.74. The zero-order chi connectivity index (χ0) is 21.0. The molecule has 1 N–H and O–H groups in total. The lowest BCUT2D eigenvalue weighted by molar-refractivity contribution is -0.118. The highest BCUT2D eigenvalue weighted by Gasteiger charge is 2.28. The van der Waals surface area contributed by atoms with Crippen LogP contribution in [0, 0.1) is 0 Å². The Morgan fingerprint density at radius 1 is 1.24 bits per heavy atom. The summed E-state index contributed by atoms with van der Waals surface area (Å²) in [6.07, 6.45) is 3.96. The van der Waals surface area contributed by atoms with E-state index in [-0.39, 0.29) is 11.4 Å². The Morgan fingerprint density at radius 3 is 2.66 bits per heavy atom. The van der Waals surface area contributed by atoms with Crippen molar-refractivity contribution in [3.63, 3.8) is 0 Å². The van der Waals surface area contributed by atoms with E-state index in [1.54, 1.807) is 13.3 Å². The maximum absolute atomic E-state index is 12.0. The van der Waals surface area contributed by atoms with Crippen molar-refractivity contribution in [1.82, 2.24) is 5.43 Å². The van der Waals surface area contributed by atoms with Gasteiger partial charge in [-0.1, -0.05) is 12.1 Å². The number of rotatable bonds is 6. The molecule has 1 aliphatic heterocycles. The first kappa shape index (κ1) is 21.0. The molecule has 0 unspecified atom stereocenters. The summed E-state index contributed by atoms with van der Waals surface area (Å²) in [4.78, 5) is 15.3. The Bertz CT molecular complexity index is 949. The maximum atomic E-state index is 12.0. The largest absolute Gasteiger partial charge is 0.497 e. The maximum Gasteiger partial charge on any atom is 0.250 e. The van der Waals surface area contributed by atoms with E-state index >= 15 is 0 Å². The third-order valence-corrected chi connectivity index (χ3v) is 6.09. The van der Waals surface area contributed by atoms with Crippen molar-refractivity contribution in [2.24, 2.45) is 5.10 Å². The molecule has 0 saturated heterocycles. The van der Waals surface area contributed by atoms with Crippen LogP contribution in [0.15, 0.2) is 58.5 Å². The van der Waals surface area contributed by atoms with Crippen LogP contribution >= 0.6 is 11.8 Å². The highest BCUT2D eigenvalue weighted by atomic mass is 32.2. The number of nitrogens with one attached hydrogen (secondary N) is 1. The van der Waals surface area contributed by atoms with E-state index in [9.17, 15) is 4.79 Å². The molecule has 2 aromatic rings. The molecule has 1 amide bonds. The van der Waals surface area contributed by atoms with Crippen LogP contribution in [0.3, 0.4) is 0 Å². The molecular weight excluding hydrogens is 382 g/mol. The van der Waals surface area contributed by atoms with Gasteiger partial charge in [0, 0.05) is 23.2 Å². The molecule has 0 fully saturated rings. The van der Waals surface area contributed by atoms with Crippen LogP contribution in [-0.2, 0) is 4.79 Å². The molecule has 0 aromatic heterocycles. The van der Waals surface area contributed by atoms with Crippen molar-refractivity contribution in [2.45, 2.75) is 31.2 Å². The molecule has 0 saturated carbocycles. The molecule has 0 spiro atoms. The number of methoxy groups -OCH3 is 1. The summed E-state index contributed by atoms with van der Waals surface area (Å²) in [5.41, 5.74) is 7.18. The molecule has 1 heterocycles. The lowest BCUT2D eigenvalue weighted by atomic mass is 9.89. The molecule has 2 aromatic carbocycles. The average molecular weight is 410 g/mol. The topological polar surface area (TPSA) is 53.9 Å². The second-order valence-corrected chi connectivity index (χ2v) is 8.62. The number of anilines is 1. The number of likely N-dealkylation sites (N-methyl/N-ethyl adjacent to an activating group) is 1. The summed E-state index contributed by atoms with van der Waals surface area (Å²) in [6, 6.07) is 13.9. The van der Waals surface area contributed by atoms with Gasteiger partial charge >= 0.3 is 0 Å². The van der Waals surface area contributed by atoms with Crippen LogP contribution in [0.25, 0.3) is 5.57 Å². The number of thioether (sulfide) groups is 1. The normalized spacial score (nSPS) is 15.1. The first-order valence-electron chi connectivity index (χ1n) is 9.46. The Kier molecular flexibility index (Phi) is 6.33. The average Bonchev–Trinajstić information content (AvgIpc) is 2.71. The minimum Gasteiger partial charge on any atom is -0.497 e. The summed E-state index contributed by atoms with van der Waals surface area (Å²) < 4.78 is 5.13. The van der Waals surface area contributed by atoms with Crippen LogP contribution in [0.4, 0.5) is 5.69 Å². The molecule has 3 rings (SSSR count). The van der Waals surface area contributed by atoms with Crippen molar-refractivity contribution in [3.8, 4) is 5.75 Å². The Morgan fingerprint density at radius 2 is 1.97 bits per heavy atom. The van der Waals surface area contributed by atoms with Crippen molar-refractivity contribution in [3.05, 3.63) is 59.7 Å². The predicted molar refractivity (Wildman–Crippen MR) is 122 cm³/mol. The van der Waals surface area contributed by atoms with Crippen molar-refractivity contribution < 1.29 is 9.53 Å². The summed E-state index contributed by atoms with van der Waals surface area (Å²) in [5, 5.41) is 4.11. The van der Waals surface area contributed by atoms with E-state index in [0.29, 0.717) is 5.75 Å². The SMILES string of the molecule is COc1ccc(SCC(=O)N/N=C/c2ccc3c(c2)C(C)=CC(C)(C)N3C)cc1. The quantitative estimate of drug-likeness (QED) is 0.431. The fraction of sp³-hybridized carbons (Fsp3) is 0.304. The van der Waals surface area contributed by atoms with Gasteiger partial charge in [0.05, 0.1) is 24.6 Å². The van der Waals surface area contributed by atoms with Gasteiger partial charge < -0.3 is 9.64 Å². The molecule has 5 nitrogen and oxygen atoms in total. The van der Waals surface area contributed by atoms with Gasteiger partial charge in [-0.25, -0.2) is 5.43 Å². The zero-order valence-electron chi connectivity index (χ0n) is 17.5. The predicted octanol–water partition coefficient (Wildman–Crippen LogP) is 4.57. The number of nitrogens with zero attached hydrogens (tertiary/aromatic N) is 2. The van der Waals surface area contributed by atoms with E-state index in [0.717, 1.165) is 16.2 Å². The number of amides is 1. The summed E-state index contributed by atoms with van der Waals surface area (Å²) in [6.45, 7) is 6.54. The van der Waals surface area contributed by atoms with Gasteiger partial charge in [0.1, 0.15) is 5.75 Å². The van der Waals surface area contributed by atoms with E-state index in [1.165, 1.54) is 28.6 Å². The standard InChI is InChI=1S/C23H27N3O2S/c1-16-13-23(2,3)26(4)21-11-6-17(12-20(16)21)14-24-25-22(27)15-29-19-9-7-18(28-5)8-10-19/h6-14H,15H2,1-5H3,(H,25,27)/b24-14+. The van der Waals surface area contributed by atoms with Crippen LogP contribution in [-0.4, -0.2) is 37.6 Å². The number of carbonyl (C=O) groups excluding carboxylic acids is 1. The summed E-state index contributed by atoms with van der Waals surface area (Å²) >= 11 is 1.46. The number of hydrogen-bond donors (Lipinski definition) is 1. The molecule has 0 atom stereocenters. The minimum atomic E-state index is -0.141. The highest BCUT2D eigenvalue weighted by molar-refractivity contribution is 8.00. The van der Waals surface area contributed by atoms with Crippen LogP contribution in [0.1, 0.15) is 31.9 Å². The van der Waals surface area contributed by atoms with E-state index < -0.39 is 0 Å². The molecule has 152 valence electrons. The third-order valence-electron chi connectivity index (χ3n) is 5.07. The van der Waals surface area contributed by atoms with Gasteiger partial charge in [-0.15, -0.1) is 11.8 Å². The summed E-state index contributed by atoms with van der Waals surface area (Å²) in [7, 11) is 3.74. The molecule has 1 aliphatic rings. The van der Waals surface area contributed by atoms with E-state index in [4.69, 9.17) is 4.74 Å². The number of hydrogen-bond acceptors (Lipinski definition) is 5. The Balaban J connectivity index is 1.58. The van der Waals surface area contributed by atoms with Crippen molar-refractivity contribution in [1.29, 1.82) is 0 Å². The highest BCUT2D eigenvalue weighted by Crippen LogP contribution is 2.37. The fourth-order valence-corrected chi connectivity index (χ4v) is 3.98. The van der Waals surface area contributed by atoms with Crippen molar-refractivity contribution >= 4 is 35.1 Å². The number of allylic oxidation sites excluding steroid dienone is 1. The first-order chi connectivity index (χ1) is 13.8. The van der Waals surface area contributed by atoms with Gasteiger partial charge in [0.2, 0.25) is 5.91 Å². The third kappa shape index (κ3) is 5.01. The summed E-state index contributed by atoms with van der Waals surface area (Å²) in [5.74, 6) is 0.959. The Labute approximate surface area is 176 Å². The first-order valence-corrected chi connectivity index (χ1v) is 10.5. The number of fused-ring (bicyclic) bond motifs is 1. The zero-order valence-corrected chi connectivity index (χ0v) is 18.3. The second-order valence-electron chi connectivity index (χ2n) is 7.57. The number of hydrazone groups is 1. The number of ether oxygens (including phenoxy) is 1. The molecule has 0 bridgehead atoms. The van der Waals surface area contributed by atoms with Gasteiger partial charge in [0.15, 0.2) is 0 Å². The minimum absolute atomic E-state index is 0.0117. The number of benzene rings is 2. The van der Waals surface area contributed by atoms with E-state index in [1.807, 2.05) is 30.3 Å². The molecule has 6 heteroatoms. The lowest BCUT2D eigenvalue weighted by Crippen LogP contribution is -2.42. The van der Waals surface area contributed by atoms with Crippen LogP contribution in [0.5, 0.6) is 5.75 Å². The van der Waals surface area contributed by atoms with Gasteiger partial charge in [-0.2, -0.15) is 5.10 Å². The molecule has 0 radical (unpaired) electrons. The van der Waals surface area contributed by atoms with Gasteiger partial charge in [0.25, 0.3) is 0 Å². The molecular formula is C23H27N3O2S. The molecule has 29 heavy (non-hydrogen) atoms. The monoisotopic (exact) mass is 409 g/mol. The lowest BCUT2D eigenvalue weighted by Gasteiger charge is -2.40.